The Morgan fingerprint density at radius 2 is 1.05 bits per heavy atom. The Morgan fingerprint density at radius 1 is 0.436 bits per heavy atom. The highest BCUT2D eigenvalue weighted by atomic mass is 15.1. The van der Waals surface area contributed by atoms with Gasteiger partial charge in [-0.05, 0) is 84.3 Å². The first-order valence-corrected chi connectivity index (χ1v) is 13.4. The van der Waals surface area contributed by atoms with E-state index in [2.05, 4.69) is 168 Å². The maximum Gasteiger partial charge on any atom is 0.0542 e. The molecule has 0 aliphatic carbocycles. The molecule has 7 aromatic rings. The van der Waals surface area contributed by atoms with Crippen LogP contribution in [-0.2, 0) is 0 Å². The van der Waals surface area contributed by atoms with Gasteiger partial charge in [-0.3, -0.25) is 0 Å². The van der Waals surface area contributed by atoms with E-state index < -0.39 is 0 Å². The lowest BCUT2D eigenvalue weighted by atomic mass is 10.0. The largest absolute Gasteiger partial charge is 0.310 e. The molecule has 0 unspecified atom stereocenters. The van der Waals surface area contributed by atoms with Crippen LogP contribution in [-0.4, -0.2) is 4.57 Å². The molecule has 7 rings (SSSR count). The first kappa shape index (κ1) is 23.1. The number of aromatic nitrogens is 1. The number of benzene rings is 6. The summed E-state index contributed by atoms with van der Waals surface area (Å²) in [5.74, 6) is 0. The van der Waals surface area contributed by atoms with Crippen LogP contribution in [0.2, 0.25) is 0 Å². The van der Waals surface area contributed by atoms with Crippen LogP contribution < -0.4 is 4.90 Å². The van der Waals surface area contributed by atoms with Crippen molar-refractivity contribution in [2.24, 2.45) is 0 Å². The van der Waals surface area contributed by atoms with Gasteiger partial charge in [-0.2, -0.15) is 0 Å². The van der Waals surface area contributed by atoms with Gasteiger partial charge in [-0.1, -0.05) is 91.0 Å². The van der Waals surface area contributed by atoms with E-state index in [1.165, 1.54) is 44.2 Å². The van der Waals surface area contributed by atoms with Crippen LogP contribution in [0.4, 0.5) is 17.1 Å². The molecular weight excluding hydrogens is 472 g/mol. The van der Waals surface area contributed by atoms with E-state index in [-0.39, 0.29) is 0 Å². The van der Waals surface area contributed by atoms with Crippen molar-refractivity contribution in [2.75, 3.05) is 4.90 Å². The number of fused-ring (bicyclic) bond motifs is 3. The number of nitrogens with zero attached hydrogens (tertiary/aromatic N) is 2. The molecule has 2 nitrogen and oxygen atoms in total. The van der Waals surface area contributed by atoms with Crippen molar-refractivity contribution >= 4 is 38.9 Å². The monoisotopic (exact) mass is 500 g/mol. The lowest BCUT2D eigenvalue weighted by molar-refractivity contribution is 1.18. The Kier molecular flexibility index (Phi) is 5.71. The molecular formula is C37H28N2. The van der Waals surface area contributed by atoms with Crippen molar-refractivity contribution in [3.8, 4) is 16.8 Å². The molecule has 1 heterocycles. The van der Waals surface area contributed by atoms with Crippen molar-refractivity contribution in [2.45, 2.75) is 6.92 Å². The van der Waals surface area contributed by atoms with Gasteiger partial charge < -0.3 is 9.47 Å². The molecule has 0 aliphatic heterocycles. The van der Waals surface area contributed by atoms with Crippen LogP contribution in [0.1, 0.15) is 5.56 Å². The minimum absolute atomic E-state index is 1.13. The molecule has 1 aromatic heterocycles. The zero-order chi connectivity index (χ0) is 26.2. The zero-order valence-electron chi connectivity index (χ0n) is 21.8. The van der Waals surface area contributed by atoms with Crippen LogP contribution >= 0.6 is 0 Å². The molecule has 6 aromatic carbocycles. The van der Waals surface area contributed by atoms with E-state index in [0.717, 1.165) is 17.1 Å². The number of anilines is 3. The second kappa shape index (κ2) is 9.66. The topological polar surface area (TPSA) is 8.17 Å². The number of para-hydroxylation sites is 2. The summed E-state index contributed by atoms with van der Waals surface area (Å²) in [6, 6.07) is 54.3. The molecule has 2 heteroatoms. The highest BCUT2D eigenvalue weighted by Gasteiger charge is 2.17. The molecule has 0 N–H and O–H groups in total. The third-order valence-corrected chi connectivity index (χ3v) is 7.42. The number of aryl methyl sites for hydroxylation is 1. The molecule has 0 atom stereocenters. The Labute approximate surface area is 229 Å². The normalized spacial score (nSPS) is 11.2. The summed E-state index contributed by atoms with van der Waals surface area (Å²) in [6.45, 7) is 2.15. The molecule has 0 spiro atoms. The van der Waals surface area contributed by atoms with Gasteiger partial charge >= 0.3 is 0 Å². The predicted molar refractivity (Wildman–Crippen MR) is 166 cm³/mol. The Bertz CT molecular complexity index is 1900. The minimum Gasteiger partial charge on any atom is -0.310 e. The highest BCUT2D eigenvalue weighted by Crippen LogP contribution is 2.40. The van der Waals surface area contributed by atoms with Crippen LogP contribution in [0.5, 0.6) is 0 Å². The second-order valence-electron chi connectivity index (χ2n) is 9.98. The highest BCUT2D eigenvalue weighted by molar-refractivity contribution is 6.10. The van der Waals surface area contributed by atoms with Gasteiger partial charge in [0.15, 0.2) is 0 Å². The molecule has 0 saturated carbocycles. The third-order valence-electron chi connectivity index (χ3n) is 7.42. The van der Waals surface area contributed by atoms with Crippen LogP contribution in [0, 0.1) is 6.92 Å². The molecule has 186 valence electrons. The zero-order valence-corrected chi connectivity index (χ0v) is 21.8. The maximum absolute atomic E-state index is 2.36. The predicted octanol–water partition coefficient (Wildman–Crippen LogP) is 10.2. The molecule has 0 radical (unpaired) electrons. The second-order valence-corrected chi connectivity index (χ2v) is 9.98. The average molecular weight is 501 g/mol. The fourth-order valence-electron chi connectivity index (χ4n) is 5.60. The van der Waals surface area contributed by atoms with E-state index in [9.17, 15) is 0 Å². The Hall–Kier alpha value is -5.08. The summed E-state index contributed by atoms with van der Waals surface area (Å²) in [5, 5.41) is 2.49. The van der Waals surface area contributed by atoms with Crippen LogP contribution in [0.3, 0.4) is 0 Å². The summed E-state index contributed by atoms with van der Waals surface area (Å²) in [5.41, 5.74) is 10.7. The molecule has 0 aliphatic rings. The Morgan fingerprint density at radius 3 is 1.82 bits per heavy atom. The smallest absolute Gasteiger partial charge is 0.0542 e. The fraction of sp³-hybridized carbons (Fsp3) is 0.0270. The minimum atomic E-state index is 1.13. The van der Waals surface area contributed by atoms with E-state index in [1.54, 1.807) is 0 Å². The third kappa shape index (κ3) is 4.17. The first-order valence-electron chi connectivity index (χ1n) is 13.4. The first-order chi connectivity index (χ1) is 19.3. The van der Waals surface area contributed by atoms with Crippen molar-refractivity contribution in [1.29, 1.82) is 0 Å². The summed E-state index contributed by atoms with van der Waals surface area (Å²) in [6.07, 6.45) is 0. The Balaban J connectivity index is 1.42. The molecule has 0 bridgehead atoms. The van der Waals surface area contributed by atoms with Gasteiger partial charge in [0.25, 0.3) is 0 Å². The molecule has 0 amide bonds. The van der Waals surface area contributed by atoms with Crippen LogP contribution in [0.15, 0.2) is 152 Å². The maximum atomic E-state index is 2.36. The number of hydrogen-bond donors (Lipinski definition) is 0. The molecule has 0 saturated heterocycles. The molecule has 0 fully saturated rings. The summed E-state index contributed by atoms with van der Waals surface area (Å²) in [7, 11) is 0. The average Bonchev–Trinajstić information content (AvgIpc) is 3.32. The van der Waals surface area contributed by atoms with Crippen LogP contribution in [0.25, 0.3) is 38.6 Å². The van der Waals surface area contributed by atoms with Crippen molar-refractivity contribution in [3.05, 3.63) is 157 Å². The van der Waals surface area contributed by atoms with Gasteiger partial charge in [0.05, 0.1) is 11.0 Å². The summed E-state index contributed by atoms with van der Waals surface area (Å²) >= 11 is 0. The van der Waals surface area contributed by atoms with E-state index in [1.807, 2.05) is 0 Å². The van der Waals surface area contributed by atoms with E-state index >= 15 is 0 Å². The van der Waals surface area contributed by atoms with Gasteiger partial charge in [-0.15, -0.1) is 0 Å². The van der Waals surface area contributed by atoms with Gasteiger partial charge in [0.1, 0.15) is 0 Å². The lowest BCUT2D eigenvalue weighted by Gasteiger charge is -2.26. The van der Waals surface area contributed by atoms with Crippen molar-refractivity contribution in [1.82, 2.24) is 4.57 Å². The van der Waals surface area contributed by atoms with Crippen molar-refractivity contribution in [3.63, 3.8) is 0 Å². The SMILES string of the molecule is Cc1cccc(N(c2ccc(-c3ccccc3)cc2)c2ccc3c(c2)c2ccccc2n3-c2ccccc2)c1. The fourth-order valence-corrected chi connectivity index (χ4v) is 5.60. The van der Waals surface area contributed by atoms with Crippen molar-refractivity contribution < 1.29 is 0 Å². The lowest BCUT2D eigenvalue weighted by Crippen LogP contribution is -2.10. The summed E-state index contributed by atoms with van der Waals surface area (Å²) < 4.78 is 2.36. The summed E-state index contributed by atoms with van der Waals surface area (Å²) in [4.78, 5) is 2.36. The van der Waals surface area contributed by atoms with E-state index in [4.69, 9.17) is 0 Å². The van der Waals surface area contributed by atoms with E-state index in [0.29, 0.717) is 0 Å². The molecule has 39 heavy (non-hydrogen) atoms. The number of rotatable bonds is 5. The quantitative estimate of drug-likeness (QED) is 0.228. The van der Waals surface area contributed by atoms with Gasteiger partial charge in [-0.25, -0.2) is 0 Å². The van der Waals surface area contributed by atoms with Gasteiger partial charge in [0, 0.05) is 33.5 Å². The number of hydrogen-bond acceptors (Lipinski definition) is 1. The standard InChI is InChI=1S/C37H28N2/c1-27-11-10-16-32(25-27)38(31-21-19-29(20-22-31)28-12-4-2-5-13-28)33-23-24-37-35(26-33)34-17-8-9-18-36(34)39(37)30-14-6-3-7-15-30/h2-26H,1H3. The van der Waals surface area contributed by atoms with Gasteiger partial charge in [0.2, 0.25) is 0 Å².